The highest BCUT2D eigenvalue weighted by Crippen LogP contribution is 2.17. The van der Waals surface area contributed by atoms with Crippen molar-refractivity contribution in [2.45, 2.75) is 18.7 Å². The van der Waals surface area contributed by atoms with Crippen LogP contribution < -0.4 is 0 Å². The number of aryl methyl sites for hydroxylation is 2. The third-order valence-corrected chi connectivity index (χ3v) is 5.80. The molecule has 0 saturated heterocycles. The number of hydroxylamine groups is 1. The Hall–Kier alpha value is -2.55. The standard InChI is InChI=1S/C19H21NO6S/c1-13-8-9-15(10-14(13)2)18(21)12-26-19(22)16-6-5-7-17(11-16)27(23,24)20(3)25-4/h5-11H,12H2,1-4H3. The molecule has 0 fully saturated rings. The highest BCUT2D eigenvalue weighted by molar-refractivity contribution is 7.89. The lowest BCUT2D eigenvalue weighted by molar-refractivity contribution is -0.0258. The number of ether oxygens (including phenoxy) is 1. The lowest BCUT2D eigenvalue weighted by Crippen LogP contribution is -2.26. The summed E-state index contributed by atoms with van der Waals surface area (Å²) in [5.74, 6) is -1.13. The molecule has 0 heterocycles. The molecule has 0 atom stereocenters. The van der Waals surface area contributed by atoms with Crippen LogP contribution in [0.4, 0.5) is 0 Å². The highest BCUT2D eigenvalue weighted by Gasteiger charge is 2.22. The maximum atomic E-state index is 12.2. The van der Waals surface area contributed by atoms with E-state index in [1.54, 1.807) is 12.1 Å². The van der Waals surface area contributed by atoms with E-state index >= 15 is 0 Å². The van der Waals surface area contributed by atoms with Crippen LogP contribution in [0.2, 0.25) is 0 Å². The molecule has 0 amide bonds. The zero-order valence-corrected chi connectivity index (χ0v) is 16.4. The van der Waals surface area contributed by atoms with Crippen LogP contribution in [0.3, 0.4) is 0 Å². The van der Waals surface area contributed by atoms with Gasteiger partial charge in [0, 0.05) is 12.6 Å². The number of nitrogens with zero attached hydrogens (tertiary/aromatic N) is 1. The van der Waals surface area contributed by atoms with Crippen molar-refractivity contribution in [1.29, 1.82) is 0 Å². The molecular formula is C19H21NO6S. The van der Waals surface area contributed by atoms with E-state index in [-0.39, 0.29) is 16.2 Å². The Morgan fingerprint density at radius 3 is 2.33 bits per heavy atom. The SMILES string of the molecule is CON(C)S(=O)(=O)c1cccc(C(=O)OCC(=O)c2ccc(C)c(C)c2)c1. The van der Waals surface area contributed by atoms with Crippen LogP contribution in [0.25, 0.3) is 0 Å². The molecule has 144 valence electrons. The van der Waals surface area contributed by atoms with Gasteiger partial charge in [-0.05, 0) is 49.2 Å². The molecule has 0 aliphatic heterocycles. The molecule has 0 aromatic heterocycles. The molecule has 0 saturated carbocycles. The van der Waals surface area contributed by atoms with Crippen LogP contribution in [-0.2, 0) is 19.6 Å². The number of esters is 1. The summed E-state index contributed by atoms with van der Waals surface area (Å²) in [6.07, 6.45) is 0. The van der Waals surface area contributed by atoms with Gasteiger partial charge in [0.25, 0.3) is 10.0 Å². The topological polar surface area (TPSA) is 90.0 Å². The molecule has 8 heteroatoms. The maximum absolute atomic E-state index is 12.2. The Labute approximate surface area is 158 Å². The molecule has 0 bridgehead atoms. The number of Topliss-reactive ketones (excluding diaryl/α,β-unsaturated/α-hetero) is 1. The number of rotatable bonds is 7. The molecule has 7 nitrogen and oxygen atoms in total. The highest BCUT2D eigenvalue weighted by atomic mass is 32.2. The van der Waals surface area contributed by atoms with Crippen LogP contribution in [0.5, 0.6) is 0 Å². The number of carbonyl (C=O) groups excluding carboxylic acids is 2. The molecule has 0 unspecified atom stereocenters. The summed E-state index contributed by atoms with van der Waals surface area (Å²) < 4.78 is 30.2. The monoisotopic (exact) mass is 391 g/mol. The van der Waals surface area contributed by atoms with Crippen molar-refractivity contribution in [3.63, 3.8) is 0 Å². The van der Waals surface area contributed by atoms with Gasteiger partial charge in [0.15, 0.2) is 12.4 Å². The molecule has 0 radical (unpaired) electrons. The van der Waals surface area contributed by atoms with E-state index in [0.717, 1.165) is 11.1 Å². The quantitative estimate of drug-likeness (QED) is 0.409. The van der Waals surface area contributed by atoms with Crippen molar-refractivity contribution in [2.24, 2.45) is 0 Å². The molecular weight excluding hydrogens is 370 g/mol. The van der Waals surface area contributed by atoms with Crippen molar-refractivity contribution >= 4 is 21.8 Å². The van der Waals surface area contributed by atoms with Crippen LogP contribution in [0.15, 0.2) is 47.4 Å². The van der Waals surface area contributed by atoms with E-state index in [1.807, 2.05) is 19.9 Å². The van der Waals surface area contributed by atoms with Gasteiger partial charge in [-0.1, -0.05) is 22.7 Å². The normalized spacial score (nSPS) is 11.4. The summed E-state index contributed by atoms with van der Waals surface area (Å²) >= 11 is 0. The van der Waals surface area contributed by atoms with Crippen molar-refractivity contribution < 1.29 is 27.6 Å². The first-order valence-electron chi connectivity index (χ1n) is 8.07. The number of hydrogen-bond acceptors (Lipinski definition) is 6. The predicted octanol–water partition coefficient (Wildman–Crippen LogP) is 2.53. The first kappa shape index (κ1) is 20.8. The van der Waals surface area contributed by atoms with Crippen molar-refractivity contribution in [2.75, 3.05) is 20.8 Å². The average molecular weight is 391 g/mol. The summed E-state index contributed by atoms with van der Waals surface area (Å²) in [6.45, 7) is 3.39. The van der Waals surface area contributed by atoms with Gasteiger partial charge in [-0.15, -0.1) is 0 Å². The Balaban J connectivity index is 2.11. The van der Waals surface area contributed by atoms with E-state index in [2.05, 4.69) is 0 Å². The third kappa shape index (κ3) is 4.79. The molecule has 2 rings (SSSR count). The van der Waals surface area contributed by atoms with E-state index < -0.39 is 22.6 Å². The summed E-state index contributed by atoms with van der Waals surface area (Å²) in [7, 11) is -1.44. The maximum Gasteiger partial charge on any atom is 0.338 e. The Morgan fingerprint density at radius 2 is 1.70 bits per heavy atom. The fourth-order valence-electron chi connectivity index (χ4n) is 2.24. The van der Waals surface area contributed by atoms with Gasteiger partial charge in [0.1, 0.15) is 0 Å². The minimum absolute atomic E-state index is 0.0217. The Kier molecular flexibility index (Phi) is 6.48. The van der Waals surface area contributed by atoms with E-state index in [0.29, 0.717) is 10.0 Å². The summed E-state index contributed by atoms with van der Waals surface area (Å²) in [5, 5.41) is 0. The zero-order valence-electron chi connectivity index (χ0n) is 15.6. The Morgan fingerprint density at radius 1 is 1.00 bits per heavy atom. The Bertz CT molecular complexity index is 968. The van der Waals surface area contributed by atoms with Crippen molar-refractivity contribution in [1.82, 2.24) is 4.47 Å². The third-order valence-electron chi connectivity index (χ3n) is 4.13. The van der Waals surface area contributed by atoms with Gasteiger partial charge in [-0.2, -0.15) is 0 Å². The van der Waals surface area contributed by atoms with E-state index in [4.69, 9.17) is 9.57 Å². The van der Waals surface area contributed by atoms with Gasteiger partial charge in [-0.25, -0.2) is 13.2 Å². The number of carbonyl (C=O) groups is 2. The number of benzene rings is 2. The molecule has 0 aliphatic carbocycles. The van der Waals surface area contributed by atoms with Gasteiger partial charge in [0.05, 0.1) is 17.6 Å². The second-order valence-corrected chi connectivity index (χ2v) is 7.86. The van der Waals surface area contributed by atoms with E-state index in [9.17, 15) is 18.0 Å². The first-order valence-corrected chi connectivity index (χ1v) is 9.51. The van der Waals surface area contributed by atoms with Gasteiger partial charge in [-0.3, -0.25) is 9.63 Å². The van der Waals surface area contributed by atoms with Crippen LogP contribution in [0, 0.1) is 13.8 Å². The predicted molar refractivity (Wildman–Crippen MR) is 98.9 cm³/mol. The number of hydrogen-bond donors (Lipinski definition) is 0. The molecule has 2 aromatic carbocycles. The lowest BCUT2D eigenvalue weighted by Gasteiger charge is -2.14. The molecule has 0 spiro atoms. The molecule has 0 aliphatic rings. The van der Waals surface area contributed by atoms with Gasteiger partial charge >= 0.3 is 5.97 Å². The average Bonchev–Trinajstić information content (AvgIpc) is 2.67. The molecule has 27 heavy (non-hydrogen) atoms. The molecule has 2 aromatic rings. The van der Waals surface area contributed by atoms with Crippen LogP contribution >= 0.6 is 0 Å². The lowest BCUT2D eigenvalue weighted by atomic mass is 10.0. The second kappa shape index (κ2) is 8.43. The summed E-state index contributed by atoms with van der Waals surface area (Å²) in [6, 6.07) is 10.6. The zero-order chi connectivity index (χ0) is 20.2. The fraction of sp³-hybridized carbons (Fsp3) is 0.263. The van der Waals surface area contributed by atoms with Gasteiger partial charge in [0.2, 0.25) is 0 Å². The van der Waals surface area contributed by atoms with Gasteiger partial charge < -0.3 is 4.74 Å². The minimum Gasteiger partial charge on any atom is -0.454 e. The largest absolute Gasteiger partial charge is 0.454 e. The van der Waals surface area contributed by atoms with Crippen LogP contribution in [0.1, 0.15) is 31.8 Å². The number of sulfonamides is 1. The van der Waals surface area contributed by atoms with E-state index in [1.165, 1.54) is 38.4 Å². The first-order chi connectivity index (χ1) is 12.7. The van der Waals surface area contributed by atoms with Crippen LogP contribution in [-0.4, -0.2) is 45.4 Å². The smallest absolute Gasteiger partial charge is 0.338 e. The number of ketones is 1. The van der Waals surface area contributed by atoms with Crippen molar-refractivity contribution in [3.8, 4) is 0 Å². The summed E-state index contributed by atoms with van der Waals surface area (Å²) in [4.78, 5) is 29.0. The fourth-order valence-corrected chi connectivity index (χ4v) is 3.26. The minimum atomic E-state index is -3.89. The summed E-state index contributed by atoms with van der Waals surface area (Å²) in [5.41, 5.74) is 2.49. The van der Waals surface area contributed by atoms with Crippen molar-refractivity contribution in [3.05, 3.63) is 64.7 Å². The second-order valence-electron chi connectivity index (χ2n) is 5.92. The molecule has 0 N–H and O–H groups in total.